The molecule has 0 heterocycles. The van der Waals surface area contributed by atoms with Crippen molar-refractivity contribution in [1.82, 2.24) is 0 Å². The first-order chi connectivity index (χ1) is 12.1. The first kappa shape index (κ1) is 18.9. The molecule has 0 aromatic heterocycles. The summed E-state index contributed by atoms with van der Waals surface area (Å²) < 4.78 is 28.5. The molecule has 2 aliphatic rings. The molecule has 1 aromatic rings. The molecule has 0 saturated heterocycles. The van der Waals surface area contributed by atoms with E-state index in [0.29, 0.717) is 17.5 Å². The zero-order valence-corrected chi connectivity index (χ0v) is 16.0. The predicted octanol–water partition coefficient (Wildman–Crippen LogP) is 7.41. The van der Waals surface area contributed by atoms with Crippen molar-refractivity contribution in [2.75, 3.05) is 0 Å². The van der Waals surface area contributed by atoms with E-state index in [2.05, 4.69) is 6.92 Å². The van der Waals surface area contributed by atoms with Crippen LogP contribution < -0.4 is 0 Å². The zero-order valence-electron chi connectivity index (χ0n) is 16.0. The normalized spacial score (nSPS) is 30.4. The van der Waals surface area contributed by atoms with E-state index in [-0.39, 0.29) is 5.92 Å². The van der Waals surface area contributed by atoms with E-state index >= 15 is 0 Å². The van der Waals surface area contributed by atoms with Crippen molar-refractivity contribution < 1.29 is 8.78 Å². The highest BCUT2D eigenvalue weighted by Gasteiger charge is 2.32. The third-order valence-electron chi connectivity index (χ3n) is 7.04. The molecule has 3 rings (SSSR count). The van der Waals surface area contributed by atoms with Gasteiger partial charge in [0.2, 0.25) is 0 Å². The molecule has 0 radical (unpaired) electrons. The monoisotopic (exact) mass is 348 g/mol. The third kappa shape index (κ3) is 4.26. The molecule has 0 spiro atoms. The van der Waals surface area contributed by atoms with E-state index < -0.39 is 11.6 Å². The van der Waals surface area contributed by atoms with Gasteiger partial charge >= 0.3 is 0 Å². The summed E-state index contributed by atoms with van der Waals surface area (Å²) in [6, 6.07) is 3.63. The van der Waals surface area contributed by atoms with Gasteiger partial charge in [-0.25, -0.2) is 8.78 Å². The van der Waals surface area contributed by atoms with Crippen LogP contribution in [0.15, 0.2) is 12.1 Å². The fourth-order valence-electron chi connectivity index (χ4n) is 5.45. The molecule has 0 nitrogen and oxygen atoms in total. The van der Waals surface area contributed by atoms with Crippen molar-refractivity contribution in [3.05, 3.63) is 34.9 Å². The van der Waals surface area contributed by atoms with E-state index in [4.69, 9.17) is 0 Å². The quantitative estimate of drug-likeness (QED) is 0.520. The maximum Gasteiger partial charge on any atom is 0.162 e. The Bertz CT molecular complexity index is 549. The second-order valence-corrected chi connectivity index (χ2v) is 8.48. The fraction of sp³-hybridized carbons (Fsp3) is 0.739. The summed E-state index contributed by atoms with van der Waals surface area (Å²) >= 11 is 0. The maximum atomic E-state index is 14.4. The van der Waals surface area contributed by atoms with Crippen LogP contribution >= 0.6 is 0 Å². The predicted molar refractivity (Wildman–Crippen MR) is 101 cm³/mol. The van der Waals surface area contributed by atoms with E-state index in [9.17, 15) is 8.78 Å². The van der Waals surface area contributed by atoms with Crippen LogP contribution in [0.3, 0.4) is 0 Å². The lowest BCUT2D eigenvalue weighted by molar-refractivity contribution is 0.156. The summed E-state index contributed by atoms with van der Waals surface area (Å²) in [4.78, 5) is 0. The Balaban J connectivity index is 1.55. The van der Waals surface area contributed by atoms with Crippen molar-refractivity contribution in [1.29, 1.82) is 0 Å². The van der Waals surface area contributed by atoms with Crippen LogP contribution in [0.5, 0.6) is 0 Å². The van der Waals surface area contributed by atoms with E-state index in [0.717, 1.165) is 30.6 Å². The Hall–Kier alpha value is -0.920. The van der Waals surface area contributed by atoms with Crippen LogP contribution in [-0.2, 0) is 6.42 Å². The number of halogens is 2. The molecule has 0 bridgehead atoms. The van der Waals surface area contributed by atoms with Gasteiger partial charge in [0.15, 0.2) is 11.6 Å². The maximum absolute atomic E-state index is 14.4. The summed E-state index contributed by atoms with van der Waals surface area (Å²) in [7, 11) is 0. The molecule has 0 amide bonds. The molecular weight excluding hydrogens is 314 g/mol. The molecule has 0 N–H and O–H groups in total. The minimum atomic E-state index is -0.614. The minimum absolute atomic E-state index is 0.216. The zero-order chi connectivity index (χ0) is 17.8. The Morgan fingerprint density at radius 3 is 1.96 bits per heavy atom. The average Bonchev–Trinajstić information content (AvgIpc) is 2.65. The summed E-state index contributed by atoms with van der Waals surface area (Å²) in [5.74, 6) is 1.69. The number of aryl methyl sites for hydroxylation is 1. The van der Waals surface area contributed by atoms with Gasteiger partial charge in [0.25, 0.3) is 0 Å². The second kappa shape index (κ2) is 8.64. The van der Waals surface area contributed by atoms with Gasteiger partial charge in [-0.2, -0.15) is 0 Å². The van der Waals surface area contributed by atoms with Crippen molar-refractivity contribution in [3.63, 3.8) is 0 Å². The summed E-state index contributed by atoms with van der Waals surface area (Å²) in [6.45, 7) is 4.17. The van der Waals surface area contributed by atoms with Crippen molar-refractivity contribution >= 4 is 0 Å². The molecule has 25 heavy (non-hydrogen) atoms. The highest BCUT2D eigenvalue weighted by atomic mass is 19.2. The molecule has 0 atom stereocenters. The molecule has 0 aliphatic heterocycles. The van der Waals surface area contributed by atoms with Crippen LogP contribution in [0.25, 0.3) is 0 Å². The Labute approximate surface area is 152 Å². The minimum Gasteiger partial charge on any atom is -0.203 e. The van der Waals surface area contributed by atoms with Gasteiger partial charge in [-0.05, 0) is 79.7 Å². The van der Waals surface area contributed by atoms with Gasteiger partial charge in [-0.15, -0.1) is 0 Å². The Morgan fingerprint density at radius 1 is 0.800 bits per heavy atom. The smallest absolute Gasteiger partial charge is 0.162 e. The fourth-order valence-corrected chi connectivity index (χ4v) is 5.45. The van der Waals surface area contributed by atoms with Crippen LogP contribution in [-0.4, -0.2) is 0 Å². The van der Waals surface area contributed by atoms with Crippen molar-refractivity contribution in [2.45, 2.75) is 90.4 Å². The van der Waals surface area contributed by atoms with Crippen LogP contribution in [0, 0.1) is 29.4 Å². The second-order valence-electron chi connectivity index (χ2n) is 8.48. The molecule has 2 aliphatic carbocycles. The van der Waals surface area contributed by atoms with Crippen LogP contribution in [0.1, 0.15) is 95.1 Å². The van der Waals surface area contributed by atoms with E-state index in [1.807, 2.05) is 13.0 Å². The molecule has 2 saturated carbocycles. The van der Waals surface area contributed by atoms with Crippen molar-refractivity contribution in [3.8, 4) is 0 Å². The molecule has 2 heteroatoms. The number of hydrogen-bond donors (Lipinski definition) is 0. The van der Waals surface area contributed by atoms with Gasteiger partial charge in [-0.3, -0.25) is 0 Å². The number of rotatable bonds is 5. The molecule has 2 fully saturated rings. The highest BCUT2D eigenvalue weighted by molar-refractivity contribution is 5.29. The Kier molecular flexibility index (Phi) is 6.52. The summed E-state index contributed by atoms with van der Waals surface area (Å²) in [5, 5.41) is 0. The van der Waals surface area contributed by atoms with Crippen molar-refractivity contribution in [2.24, 2.45) is 17.8 Å². The van der Waals surface area contributed by atoms with Gasteiger partial charge in [0.05, 0.1) is 0 Å². The van der Waals surface area contributed by atoms with Gasteiger partial charge in [-0.1, -0.05) is 51.7 Å². The number of hydrogen-bond acceptors (Lipinski definition) is 0. The lowest BCUT2D eigenvalue weighted by Gasteiger charge is -2.38. The van der Waals surface area contributed by atoms with E-state index in [1.165, 1.54) is 51.4 Å². The highest BCUT2D eigenvalue weighted by Crippen LogP contribution is 2.45. The molecular formula is C23H34F2. The first-order valence-corrected chi connectivity index (χ1v) is 10.6. The van der Waals surface area contributed by atoms with Crippen LogP contribution in [0.4, 0.5) is 8.78 Å². The largest absolute Gasteiger partial charge is 0.203 e. The van der Waals surface area contributed by atoms with Gasteiger partial charge < -0.3 is 0 Å². The third-order valence-corrected chi connectivity index (χ3v) is 7.04. The van der Waals surface area contributed by atoms with Gasteiger partial charge in [0, 0.05) is 0 Å². The lowest BCUT2D eigenvalue weighted by atomic mass is 9.68. The topological polar surface area (TPSA) is 0 Å². The molecule has 0 unspecified atom stereocenters. The summed E-state index contributed by atoms with van der Waals surface area (Å²) in [6.07, 6.45) is 13.3. The lowest BCUT2D eigenvalue weighted by Crippen LogP contribution is -2.25. The first-order valence-electron chi connectivity index (χ1n) is 10.6. The standard InChI is InChI=1S/C23H34F2/c1-3-5-16-6-8-18(9-7-16)19-10-12-20(13-11-19)21-15-14-17(4-2)22(24)23(21)25/h14-16,18-20H,3-13H2,1-2H3. The van der Waals surface area contributed by atoms with E-state index in [1.54, 1.807) is 6.07 Å². The van der Waals surface area contributed by atoms with Crippen LogP contribution in [0.2, 0.25) is 0 Å². The molecule has 1 aromatic carbocycles. The number of benzene rings is 1. The SMILES string of the molecule is CCCC1CCC(C2CCC(c3ccc(CC)c(F)c3F)CC2)CC1. The molecule has 140 valence electrons. The Morgan fingerprint density at radius 2 is 1.40 bits per heavy atom. The average molecular weight is 349 g/mol. The summed E-state index contributed by atoms with van der Waals surface area (Å²) in [5.41, 5.74) is 1.12. The van der Waals surface area contributed by atoms with Gasteiger partial charge in [0.1, 0.15) is 0 Å².